The Hall–Kier alpha value is -0.910. The Morgan fingerprint density at radius 3 is 2.60 bits per heavy atom. The number of rotatable bonds is 5. The van der Waals surface area contributed by atoms with Gasteiger partial charge in [0.15, 0.2) is 0 Å². The maximum Gasteiger partial charge on any atom is 0.0592 e. The molecule has 1 aromatic carbocycles. The highest BCUT2D eigenvalue weighted by Gasteiger charge is 2.02. The lowest BCUT2D eigenvalue weighted by atomic mass is 10.1. The molecule has 0 heterocycles. The van der Waals surface area contributed by atoms with Crippen molar-refractivity contribution in [3.8, 4) is 12.3 Å². The summed E-state index contributed by atoms with van der Waals surface area (Å²) in [5.74, 6) is 3.36. The molecule has 0 fully saturated rings. The predicted molar refractivity (Wildman–Crippen MR) is 68.1 cm³/mol. The summed E-state index contributed by atoms with van der Waals surface area (Å²) in [5, 5.41) is 3.39. The van der Waals surface area contributed by atoms with Gasteiger partial charge >= 0.3 is 0 Å². The SMILES string of the molecule is C#CCSc1ccc(C(C)NCC)cc1. The van der Waals surface area contributed by atoms with Crippen LogP contribution in [0.2, 0.25) is 0 Å². The van der Waals surface area contributed by atoms with Gasteiger partial charge in [0.25, 0.3) is 0 Å². The van der Waals surface area contributed by atoms with Crippen LogP contribution in [-0.2, 0) is 0 Å². The molecule has 0 radical (unpaired) electrons. The van der Waals surface area contributed by atoms with Crippen molar-refractivity contribution in [2.24, 2.45) is 0 Å². The Kier molecular flexibility index (Phi) is 5.31. The molecule has 0 aliphatic carbocycles. The zero-order valence-corrected chi connectivity index (χ0v) is 10.1. The second-order valence-corrected chi connectivity index (χ2v) is 4.39. The minimum absolute atomic E-state index is 0.418. The van der Waals surface area contributed by atoms with E-state index < -0.39 is 0 Å². The highest BCUT2D eigenvalue weighted by molar-refractivity contribution is 7.99. The molecule has 1 atom stereocenters. The molecule has 80 valence electrons. The standard InChI is InChI=1S/C13H17NS/c1-4-10-15-13-8-6-12(7-9-13)11(3)14-5-2/h1,6-9,11,14H,5,10H2,2-3H3. The summed E-state index contributed by atoms with van der Waals surface area (Å²) in [7, 11) is 0. The summed E-state index contributed by atoms with van der Waals surface area (Å²) in [6.45, 7) is 5.29. The normalized spacial score (nSPS) is 12.1. The van der Waals surface area contributed by atoms with Gasteiger partial charge < -0.3 is 5.32 Å². The lowest BCUT2D eigenvalue weighted by Gasteiger charge is -2.12. The molecular formula is C13H17NS. The Morgan fingerprint density at radius 1 is 1.40 bits per heavy atom. The van der Waals surface area contributed by atoms with Crippen molar-refractivity contribution in [1.29, 1.82) is 0 Å². The second-order valence-electron chi connectivity index (χ2n) is 3.34. The quantitative estimate of drug-likeness (QED) is 0.603. The average Bonchev–Trinajstić information content (AvgIpc) is 2.27. The van der Waals surface area contributed by atoms with E-state index in [0.717, 1.165) is 12.3 Å². The van der Waals surface area contributed by atoms with Crippen molar-refractivity contribution in [3.05, 3.63) is 29.8 Å². The third-order valence-electron chi connectivity index (χ3n) is 2.21. The minimum Gasteiger partial charge on any atom is -0.310 e. The molecule has 0 aliphatic heterocycles. The minimum atomic E-state index is 0.418. The van der Waals surface area contributed by atoms with Gasteiger partial charge in [-0.2, -0.15) is 0 Å². The van der Waals surface area contributed by atoms with Crippen molar-refractivity contribution < 1.29 is 0 Å². The van der Waals surface area contributed by atoms with Gasteiger partial charge in [0.2, 0.25) is 0 Å². The van der Waals surface area contributed by atoms with Crippen LogP contribution in [-0.4, -0.2) is 12.3 Å². The van der Waals surface area contributed by atoms with Crippen LogP contribution in [0, 0.1) is 12.3 Å². The molecule has 0 saturated heterocycles. The highest BCUT2D eigenvalue weighted by Crippen LogP contribution is 2.20. The van der Waals surface area contributed by atoms with Crippen molar-refractivity contribution in [1.82, 2.24) is 5.32 Å². The number of terminal acetylenes is 1. The summed E-state index contributed by atoms with van der Waals surface area (Å²) < 4.78 is 0. The van der Waals surface area contributed by atoms with E-state index >= 15 is 0 Å². The van der Waals surface area contributed by atoms with Gasteiger partial charge in [0.1, 0.15) is 0 Å². The topological polar surface area (TPSA) is 12.0 Å². The maximum absolute atomic E-state index is 5.21. The van der Waals surface area contributed by atoms with Crippen LogP contribution in [0.4, 0.5) is 0 Å². The molecule has 1 unspecified atom stereocenters. The van der Waals surface area contributed by atoms with E-state index in [1.54, 1.807) is 11.8 Å². The number of nitrogens with one attached hydrogen (secondary N) is 1. The lowest BCUT2D eigenvalue weighted by Crippen LogP contribution is -2.17. The molecule has 0 saturated carbocycles. The summed E-state index contributed by atoms with van der Waals surface area (Å²) in [5.41, 5.74) is 1.32. The molecule has 15 heavy (non-hydrogen) atoms. The van der Waals surface area contributed by atoms with Crippen LogP contribution in [0.3, 0.4) is 0 Å². The molecule has 0 spiro atoms. The fourth-order valence-corrected chi connectivity index (χ4v) is 1.98. The molecule has 2 heteroatoms. The fourth-order valence-electron chi connectivity index (χ4n) is 1.40. The molecule has 1 N–H and O–H groups in total. The maximum atomic E-state index is 5.21. The van der Waals surface area contributed by atoms with Crippen LogP contribution in [0.5, 0.6) is 0 Å². The van der Waals surface area contributed by atoms with Gasteiger partial charge in [-0.25, -0.2) is 0 Å². The number of benzene rings is 1. The first-order valence-corrected chi connectivity index (χ1v) is 6.16. The van der Waals surface area contributed by atoms with E-state index in [4.69, 9.17) is 6.42 Å². The number of thioether (sulfide) groups is 1. The predicted octanol–water partition coefficient (Wildman–Crippen LogP) is 3.08. The van der Waals surface area contributed by atoms with Gasteiger partial charge in [0, 0.05) is 10.9 Å². The molecule has 1 rings (SSSR count). The van der Waals surface area contributed by atoms with Crippen molar-refractivity contribution >= 4 is 11.8 Å². The number of hydrogen-bond donors (Lipinski definition) is 1. The Labute approximate surface area is 96.7 Å². The number of hydrogen-bond acceptors (Lipinski definition) is 2. The van der Waals surface area contributed by atoms with E-state index in [1.165, 1.54) is 10.5 Å². The van der Waals surface area contributed by atoms with Gasteiger partial charge in [0.05, 0.1) is 5.75 Å². The first-order valence-electron chi connectivity index (χ1n) is 5.17. The monoisotopic (exact) mass is 219 g/mol. The van der Waals surface area contributed by atoms with Gasteiger partial charge in [-0.1, -0.05) is 25.0 Å². The van der Waals surface area contributed by atoms with Crippen LogP contribution in [0.1, 0.15) is 25.5 Å². The molecule has 0 aromatic heterocycles. The summed E-state index contributed by atoms with van der Waals surface area (Å²) in [6.07, 6.45) is 5.21. The van der Waals surface area contributed by atoms with E-state index in [-0.39, 0.29) is 0 Å². The van der Waals surface area contributed by atoms with E-state index in [2.05, 4.69) is 49.4 Å². The second kappa shape index (κ2) is 6.55. The third kappa shape index (κ3) is 3.99. The van der Waals surface area contributed by atoms with E-state index in [0.29, 0.717) is 6.04 Å². The van der Waals surface area contributed by atoms with Crippen LogP contribution in [0.15, 0.2) is 29.2 Å². The van der Waals surface area contributed by atoms with E-state index in [9.17, 15) is 0 Å². The fraction of sp³-hybridized carbons (Fsp3) is 0.385. The molecule has 0 aliphatic rings. The lowest BCUT2D eigenvalue weighted by molar-refractivity contribution is 0.598. The molecular weight excluding hydrogens is 202 g/mol. The summed E-state index contributed by atoms with van der Waals surface area (Å²) in [6, 6.07) is 9.00. The van der Waals surface area contributed by atoms with Gasteiger partial charge in [-0.3, -0.25) is 0 Å². The summed E-state index contributed by atoms with van der Waals surface area (Å²) in [4.78, 5) is 1.24. The van der Waals surface area contributed by atoms with Crippen LogP contribution >= 0.6 is 11.8 Å². The molecule has 0 amide bonds. The van der Waals surface area contributed by atoms with Gasteiger partial charge in [-0.05, 0) is 31.2 Å². The summed E-state index contributed by atoms with van der Waals surface area (Å²) >= 11 is 1.70. The smallest absolute Gasteiger partial charge is 0.0592 e. The third-order valence-corrected chi connectivity index (χ3v) is 3.13. The van der Waals surface area contributed by atoms with Crippen molar-refractivity contribution in [3.63, 3.8) is 0 Å². The Bertz CT molecular complexity index is 323. The zero-order valence-electron chi connectivity index (χ0n) is 9.29. The first kappa shape index (κ1) is 12.2. The van der Waals surface area contributed by atoms with Gasteiger partial charge in [-0.15, -0.1) is 18.2 Å². The zero-order chi connectivity index (χ0) is 11.1. The highest BCUT2D eigenvalue weighted by atomic mass is 32.2. The van der Waals surface area contributed by atoms with Crippen LogP contribution in [0.25, 0.3) is 0 Å². The Morgan fingerprint density at radius 2 is 2.07 bits per heavy atom. The van der Waals surface area contributed by atoms with E-state index in [1.807, 2.05) is 0 Å². The van der Waals surface area contributed by atoms with Crippen LogP contribution < -0.4 is 5.32 Å². The average molecular weight is 219 g/mol. The first-order chi connectivity index (χ1) is 7.27. The molecule has 1 aromatic rings. The largest absolute Gasteiger partial charge is 0.310 e. The van der Waals surface area contributed by atoms with Crippen molar-refractivity contribution in [2.75, 3.05) is 12.3 Å². The molecule has 1 nitrogen and oxygen atoms in total. The van der Waals surface area contributed by atoms with Crippen molar-refractivity contribution in [2.45, 2.75) is 24.8 Å². The Balaban J connectivity index is 2.60. The molecule has 0 bridgehead atoms.